The monoisotopic (exact) mass is 231 g/mol. The first-order valence-electron chi connectivity index (χ1n) is 6.13. The maximum Gasteiger partial charge on any atom is 0.0992 e. The number of anilines is 2. The molecule has 0 heterocycles. The summed E-state index contributed by atoms with van der Waals surface area (Å²) in [5.41, 5.74) is 8.05. The molecule has 0 spiro atoms. The van der Waals surface area contributed by atoms with Crippen LogP contribution in [0.4, 0.5) is 11.4 Å². The Morgan fingerprint density at radius 3 is 2.65 bits per heavy atom. The van der Waals surface area contributed by atoms with Crippen molar-refractivity contribution in [3.63, 3.8) is 0 Å². The summed E-state index contributed by atoms with van der Waals surface area (Å²) in [5.74, 6) is 0.706. The lowest BCUT2D eigenvalue weighted by molar-refractivity contribution is 0.484. The van der Waals surface area contributed by atoms with Gasteiger partial charge in [-0.1, -0.05) is 20.3 Å². The van der Waals surface area contributed by atoms with Crippen molar-refractivity contribution in [1.29, 1.82) is 5.26 Å². The summed E-state index contributed by atoms with van der Waals surface area (Å²) >= 11 is 0. The molecule has 0 aliphatic heterocycles. The van der Waals surface area contributed by atoms with Crippen LogP contribution >= 0.6 is 0 Å². The van der Waals surface area contributed by atoms with Gasteiger partial charge in [-0.2, -0.15) is 5.26 Å². The SMILES string of the molecule is CCC(C)CC(C)Nc1ccc(C#N)cc1N. The second kappa shape index (κ2) is 6.15. The van der Waals surface area contributed by atoms with Crippen molar-refractivity contribution in [2.24, 2.45) is 5.92 Å². The molecule has 17 heavy (non-hydrogen) atoms. The van der Waals surface area contributed by atoms with Crippen molar-refractivity contribution in [2.45, 2.75) is 39.7 Å². The van der Waals surface area contributed by atoms with Crippen LogP contribution in [0.15, 0.2) is 18.2 Å². The number of nitrogens with one attached hydrogen (secondary N) is 1. The van der Waals surface area contributed by atoms with Gasteiger partial charge in [0.15, 0.2) is 0 Å². The molecule has 3 N–H and O–H groups in total. The molecule has 0 aliphatic rings. The van der Waals surface area contributed by atoms with Crippen molar-refractivity contribution >= 4 is 11.4 Å². The van der Waals surface area contributed by atoms with Gasteiger partial charge in [0.1, 0.15) is 0 Å². The van der Waals surface area contributed by atoms with Gasteiger partial charge >= 0.3 is 0 Å². The summed E-state index contributed by atoms with van der Waals surface area (Å²) < 4.78 is 0. The van der Waals surface area contributed by atoms with E-state index < -0.39 is 0 Å². The summed E-state index contributed by atoms with van der Waals surface area (Å²) in [6.07, 6.45) is 2.31. The Morgan fingerprint density at radius 2 is 2.12 bits per heavy atom. The third kappa shape index (κ3) is 3.99. The Bertz CT molecular complexity index is 406. The van der Waals surface area contributed by atoms with Crippen LogP contribution in [0.1, 0.15) is 39.2 Å². The number of benzene rings is 1. The van der Waals surface area contributed by atoms with Crippen LogP contribution in [0, 0.1) is 17.2 Å². The highest BCUT2D eigenvalue weighted by atomic mass is 14.9. The third-order valence-electron chi connectivity index (χ3n) is 3.04. The number of nitrogens with two attached hydrogens (primary N) is 1. The first kappa shape index (κ1) is 13.4. The van der Waals surface area contributed by atoms with E-state index in [1.807, 2.05) is 6.07 Å². The van der Waals surface area contributed by atoms with Crippen molar-refractivity contribution < 1.29 is 0 Å². The van der Waals surface area contributed by atoms with Crippen molar-refractivity contribution in [1.82, 2.24) is 0 Å². The lowest BCUT2D eigenvalue weighted by Crippen LogP contribution is -2.19. The van der Waals surface area contributed by atoms with Gasteiger partial charge in [-0.3, -0.25) is 0 Å². The van der Waals surface area contributed by atoms with E-state index in [9.17, 15) is 0 Å². The molecule has 92 valence electrons. The largest absolute Gasteiger partial charge is 0.397 e. The van der Waals surface area contributed by atoms with Gasteiger partial charge in [0.2, 0.25) is 0 Å². The molecule has 1 rings (SSSR count). The van der Waals surface area contributed by atoms with Crippen LogP contribution in [0.2, 0.25) is 0 Å². The fourth-order valence-electron chi connectivity index (χ4n) is 1.86. The lowest BCUT2D eigenvalue weighted by atomic mass is 10.00. The minimum atomic E-state index is 0.389. The zero-order valence-corrected chi connectivity index (χ0v) is 10.8. The van der Waals surface area contributed by atoms with E-state index in [0.29, 0.717) is 23.2 Å². The molecule has 0 aromatic heterocycles. The standard InChI is InChI=1S/C14H21N3/c1-4-10(2)7-11(3)17-14-6-5-12(9-15)8-13(14)16/h5-6,8,10-11,17H,4,7,16H2,1-3H3. The van der Waals surface area contributed by atoms with Crippen LogP contribution in [0.5, 0.6) is 0 Å². The summed E-state index contributed by atoms with van der Waals surface area (Å²) in [7, 11) is 0. The summed E-state index contributed by atoms with van der Waals surface area (Å²) in [4.78, 5) is 0. The van der Waals surface area contributed by atoms with Gasteiger partial charge < -0.3 is 11.1 Å². The molecule has 2 unspecified atom stereocenters. The van der Waals surface area contributed by atoms with Gasteiger partial charge in [0, 0.05) is 6.04 Å². The zero-order valence-electron chi connectivity index (χ0n) is 10.8. The maximum absolute atomic E-state index is 8.76. The van der Waals surface area contributed by atoms with Crippen LogP contribution in [0.3, 0.4) is 0 Å². The number of hydrogen-bond donors (Lipinski definition) is 2. The van der Waals surface area contributed by atoms with Crippen molar-refractivity contribution in [2.75, 3.05) is 11.1 Å². The Kier molecular flexibility index (Phi) is 4.84. The van der Waals surface area contributed by atoms with Crippen molar-refractivity contribution in [3.05, 3.63) is 23.8 Å². The van der Waals surface area contributed by atoms with E-state index in [0.717, 1.165) is 12.1 Å². The van der Waals surface area contributed by atoms with Crippen LogP contribution in [-0.2, 0) is 0 Å². The van der Waals surface area contributed by atoms with Gasteiger partial charge in [-0.05, 0) is 37.5 Å². The maximum atomic E-state index is 8.76. The van der Waals surface area contributed by atoms with E-state index >= 15 is 0 Å². The highest BCUT2D eigenvalue weighted by Crippen LogP contribution is 2.22. The molecule has 3 nitrogen and oxygen atoms in total. The van der Waals surface area contributed by atoms with E-state index in [1.54, 1.807) is 12.1 Å². The van der Waals surface area contributed by atoms with E-state index in [2.05, 4.69) is 32.2 Å². The molecule has 1 aromatic carbocycles. The normalized spacial score (nSPS) is 13.8. The number of rotatable bonds is 5. The number of nitriles is 1. The Hall–Kier alpha value is -1.69. The molecule has 1 aromatic rings. The predicted molar refractivity (Wildman–Crippen MR) is 72.7 cm³/mol. The Morgan fingerprint density at radius 1 is 1.41 bits per heavy atom. The lowest BCUT2D eigenvalue weighted by Gasteiger charge is -2.19. The molecule has 0 radical (unpaired) electrons. The number of hydrogen-bond acceptors (Lipinski definition) is 3. The predicted octanol–water partition coefficient (Wildman–Crippen LogP) is 3.38. The van der Waals surface area contributed by atoms with Gasteiger partial charge in [0.05, 0.1) is 23.0 Å². The number of nitrogens with zero attached hydrogens (tertiary/aromatic N) is 1. The van der Waals surface area contributed by atoms with Crippen LogP contribution in [0.25, 0.3) is 0 Å². The molecule has 0 bridgehead atoms. The molecule has 0 saturated carbocycles. The van der Waals surface area contributed by atoms with Crippen LogP contribution < -0.4 is 11.1 Å². The Labute approximate surface area is 104 Å². The first-order chi connectivity index (χ1) is 8.06. The van der Waals surface area contributed by atoms with Gasteiger partial charge in [0.25, 0.3) is 0 Å². The van der Waals surface area contributed by atoms with Crippen LogP contribution in [-0.4, -0.2) is 6.04 Å². The first-order valence-corrected chi connectivity index (χ1v) is 6.13. The topological polar surface area (TPSA) is 61.8 Å². The summed E-state index contributed by atoms with van der Waals surface area (Å²) in [6.45, 7) is 6.61. The molecule has 3 heteroatoms. The second-order valence-corrected chi connectivity index (χ2v) is 4.71. The molecule has 0 amide bonds. The van der Waals surface area contributed by atoms with E-state index in [-0.39, 0.29) is 0 Å². The Balaban J connectivity index is 2.66. The van der Waals surface area contributed by atoms with Gasteiger partial charge in [-0.25, -0.2) is 0 Å². The fraction of sp³-hybridized carbons (Fsp3) is 0.500. The average Bonchev–Trinajstić information content (AvgIpc) is 2.31. The average molecular weight is 231 g/mol. The third-order valence-corrected chi connectivity index (χ3v) is 3.04. The smallest absolute Gasteiger partial charge is 0.0992 e. The zero-order chi connectivity index (χ0) is 12.8. The fourth-order valence-corrected chi connectivity index (χ4v) is 1.86. The van der Waals surface area contributed by atoms with E-state index in [4.69, 9.17) is 11.0 Å². The molecule has 0 aliphatic carbocycles. The second-order valence-electron chi connectivity index (χ2n) is 4.71. The quantitative estimate of drug-likeness (QED) is 0.764. The highest BCUT2D eigenvalue weighted by Gasteiger charge is 2.08. The molecular formula is C14H21N3. The minimum Gasteiger partial charge on any atom is -0.397 e. The summed E-state index contributed by atoms with van der Waals surface area (Å²) in [6, 6.07) is 7.84. The molecule has 2 atom stereocenters. The molecule has 0 saturated heterocycles. The van der Waals surface area contributed by atoms with E-state index in [1.165, 1.54) is 6.42 Å². The molecular weight excluding hydrogens is 210 g/mol. The summed E-state index contributed by atoms with van der Waals surface area (Å²) in [5, 5.41) is 12.2. The van der Waals surface area contributed by atoms with Crippen molar-refractivity contribution in [3.8, 4) is 6.07 Å². The molecule has 0 fully saturated rings. The van der Waals surface area contributed by atoms with Gasteiger partial charge in [-0.15, -0.1) is 0 Å². The number of nitrogen functional groups attached to an aromatic ring is 1. The minimum absolute atomic E-state index is 0.389. The highest BCUT2D eigenvalue weighted by molar-refractivity contribution is 5.68.